The summed E-state index contributed by atoms with van der Waals surface area (Å²) >= 11 is 5.86. The molecule has 3 amide bonds. The SMILES string of the molecule is CCN(CC)CCNC(=O)c1cc(NC(=O)Nc2ccc(Cl)cc2)ccc1N(C)C. The predicted molar refractivity (Wildman–Crippen MR) is 125 cm³/mol. The second-order valence-corrected chi connectivity index (χ2v) is 7.43. The van der Waals surface area contributed by atoms with E-state index in [9.17, 15) is 9.59 Å². The Kier molecular flexibility index (Phi) is 8.95. The standard InChI is InChI=1S/C22H30ClN5O2/c1-5-28(6-2)14-13-24-21(29)19-15-18(11-12-20(19)27(3)4)26-22(30)25-17-9-7-16(23)8-10-17/h7-12,15H,5-6,13-14H2,1-4H3,(H,24,29)(H2,25,26,30). The van der Waals surface area contributed by atoms with Crippen LogP contribution in [0, 0.1) is 0 Å². The highest BCUT2D eigenvalue weighted by Crippen LogP contribution is 2.23. The molecule has 8 heteroatoms. The van der Waals surface area contributed by atoms with Gasteiger partial charge in [0.05, 0.1) is 5.56 Å². The first kappa shape index (κ1) is 23.5. The van der Waals surface area contributed by atoms with E-state index in [1.807, 2.05) is 25.1 Å². The minimum absolute atomic E-state index is 0.174. The van der Waals surface area contributed by atoms with Crippen LogP contribution >= 0.6 is 11.6 Å². The Hall–Kier alpha value is -2.77. The van der Waals surface area contributed by atoms with Gasteiger partial charge in [0.25, 0.3) is 5.91 Å². The predicted octanol–water partition coefficient (Wildman–Crippen LogP) is 4.12. The van der Waals surface area contributed by atoms with Crippen molar-refractivity contribution in [1.29, 1.82) is 0 Å². The van der Waals surface area contributed by atoms with Crippen molar-refractivity contribution in [3.05, 3.63) is 53.1 Å². The van der Waals surface area contributed by atoms with E-state index in [0.717, 1.165) is 25.3 Å². The highest BCUT2D eigenvalue weighted by atomic mass is 35.5. The summed E-state index contributed by atoms with van der Waals surface area (Å²) in [5, 5.41) is 9.07. The van der Waals surface area contributed by atoms with E-state index in [4.69, 9.17) is 11.6 Å². The third-order valence-corrected chi connectivity index (χ3v) is 4.94. The molecule has 3 N–H and O–H groups in total. The third-order valence-electron chi connectivity index (χ3n) is 4.69. The molecule has 0 saturated carbocycles. The number of benzene rings is 2. The van der Waals surface area contributed by atoms with Crippen molar-refractivity contribution in [3.8, 4) is 0 Å². The van der Waals surface area contributed by atoms with Gasteiger partial charge < -0.3 is 25.8 Å². The molecule has 30 heavy (non-hydrogen) atoms. The number of likely N-dealkylation sites (N-methyl/N-ethyl adjacent to an activating group) is 1. The summed E-state index contributed by atoms with van der Waals surface area (Å²) < 4.78 is 0. The van der Waals surface area contributed by atoms with Crippen LogP contribution in [0.1, 0.15) is 24.2 Å². The zero-order chi connectivity index (χ0) is 22.1. The van der Waals surface area contributed by atoms with Crippen molar-refractivity contribution < 1.29 is 9.59 Å². The van der Waals surface area contributed by atoms with Gasteiger partial charge in [0.1, 0.15) is 0 Å². The van der Waals surface area contributed by atoms with E-state index in [0.29, 0.717) is 28.5 Å². The molecule has 2 aromatic carbocycles. The van der Waals surface area contributed by atoms with Crippen molar-refractivity contribution >= 4 is 40.6 Å². The van der Waals surface area contributed by atoms with Crippen LogP contribution in [-0.2, 0) is 0 Å². The van der Waals surface area contributed by atoms with Crippen LogP contribution in [0.3, 0.4) is 0 Å². The molecule has 2 aromatic rings. The lowest BCUT2D eigenvalue weighted by molar-refractivity contribution is 0.0949. The Morgan fingerprint density at radius 2 is 1.53 bits per heavy atom. The molecule has 0 aliphatic carbocycles. The second-order valence-electron chi connectivity index (χ2n) is 7.00. The number of hydrogen-bond acceptors (Lipinski definition) is 4. The number of carbonyl (C=O) groups is 2. The zero-order valence-electron chi connectivity index (χ0n) is 18.0. The van der Waals surface area contributed by atoms with E-state index >= 15 is 0 Å². The topological polar surface area (TPSA) is 76.7 Å². The number of nitrogens with zero attached hydrogens (tertiary/aromatic N) is 2. The van der Waals surface area contributed by atoms with Crippen LogP contribution in [0.4, 0.5) is 21.9 Å². The Labute approximate surface area is 183 Å². The molecule has 0 heterocycles. The van der Waals surface area contributed by atoms with Gasteiger partial charge in [0.15, 0.2) is 0 Å². The van der Waals surface area contributed by atoms with Crippen LogP contribution in [0.2, 0.25) is 5.02 Å². The molecule has 162 valence electrons. The number of carbonyl (C=O) groups excluding carboxylic acids is 2. The number of rotatable bonds is 9. The molecule has 0 radical (unpaired) electrons. The summed E-state index contributed by atoms with van der Waals surface area (Å²) in [7, 11) is 3.75. The quantitative estimate of drug-likeness (QED) is 0.558. The monoisotopic (exact) mass is 431 g/mol. The van der Waals surface area contributed by atoms with E-state index in [-0.39, 0.29) is 5.91 Å². The summed E-state index contributed by atoms with van der Waals surface area (Å²) in [6.45, 7) is 7.42. The van der Waals surface area contributed by atoms with Gasteiger partial charge in [-0.05, 0) is 55.6 Å². The second kappa shape index (κ2) is 11.4. The van der Waals surface area contributed by atoms with Crippen molar-refractivity contribution in [2.75, 3.05) is 55.8 Å². The van der Waals surface area contributed by atoms with E-state index in [1.54, 1.807) is 36.4 Å². The summed E-state index contributed by atoms with van der Waals surface area (Å²) in [5.41, 5.74) is 2.43. The molecule has 0 aromatic heterocycles. The first-order chi connectivity index (χ1) is 14.3. The zero-order valence-corrected chi connectivity index (χ0v) is 18.7. The van der Waals surface area contributed by atoms with E-state index in [1.165, 1.54) is 0 Å². The lowest BCUT2D eigenvalue weighted by Gasteiger charge is -2.20. The Morgan fingerprint density at radius 3 is 2.13 bits per heavy atom. The number of amides is 3. The number of urea groups is 1. The maximum absolute atomic E-state index is 12.8. The summed E-state index contributed by atoms with van der Waals surface area (Å²) in [6.07, 6.45) is 0. The normalized spacial score (nSPS) is 10.6. The maximum Gasteiger partial charge on any atom is 0.323 e. The fourth-order valence-electron chi connectivity index (χ4n) is 2.97. The van der Waals surface area contributed by atoms with Gasteiger partial charge in [0.2, 0.25) is 0 Å². The Balaban J connectivity index is 2.07. The average molecular weight is 432 g/mol. The Bertz CT molecular complexity index is 851. The van der Waals surface area contributed by atoms with Gasteiger partial charge in [0, 0.05) is 49.3 Å². The number of hydrogen-bond donors (Lipinski definition) is 3. The van der Waals surface area contributed by atoms with Crippen molar-refractivity contribution in [3.63, 3.8) is 0 Å². The minimum Gasteiger partial charge on any atom is -0.377 e. The molecule has 0 aliphatic heterocycles. The van der Waals surface area contributed by atoms with Crippen LogP contribution in [0.15, 0.2) is 42.5 Å². The van der Waals surface area contributed by atoms with E-state index < -0.39 is 6.03 Å². The lowest BCUT2D eigenvalue weighted by atomic mass is 10.1. The molecule has 0 fully saturated rings. The average Bonchev–Trinajstić information content (AvgIpc) is 2.72. The minimum atomic E-state index is -0.400. The van der Waals surface area contributed by atoms with Gasteiger partial charge >= 0.3 is 6.03 Å². The molecule has 0 aliphatic rings. The largest absolute Gasteiger partial charge is 0.377 e. The van der Waals surface area contributed by atoms with Crippen molar-refractivity contribution in [2.24, 2.45) is 0 Å². The molecule has 0 spiro atoms. The first-order valence-corrected chi connectivity index (χ1v) is 10.4. The number of halogens is 1. The smallest absolute Gasteiger partial charge is 0.323 e. The van der Waals surface area contributed by atoms with Crippen molar-refractivity contribution in [1.82, 2.24) is 10.2 Å². The summed E-state index contributed by atoms with van der Waals surface area (Å²) in [6, 6.07) is 11.7. The Morgan fingerprint density at radius 1 is 0.933 bits per heavy atom. The summed E-state index contributed by atoms with van der Waals surface area (Å²) in [5.74, 6) is -0.174. The highest BCUT2D eigenvalue weighted by Gasteiger charge is 2.15. The lowest BCUT2D eigenvalue weighted by Crippen LogP contribution is -2.35. The van der Waals surface area contributed by atoms with Gasteiger partial charge in [-0.3, -0.25) is 4.79 Å². The highest BCUT2D eigenvalue weighted by molar-refractivity contribution is 6.30. The fraction of sp³-hybridized carbons (Fsp3) is 0.364. The molecule has 0 bridgehead atoms. The fourth-order valence-corrected chi connectivity index (χ4v) is 3.10. The van der Waals surface area contributed by atoms with Gasteiger partial charge in [-0.25, -0.2) is 4.79 Å². The van der Waals surface area contributed by atoms with E-state index in [2.05, 4.69) is 34.7 Å². The summed E-state index contributed by atoms with van der Waals surface area (Å²) in [4.78, 5) is 29.2. The molecule has 2 rings (SSSR count). The first-order valence-electron chi connectivity index (χ1n) is 9.99. The molecule has 0 unspecified atom stereocenters. The molecule has 7 nitrogen and oxygen atoms in total. The van der Waals surface area contributed by atoms with Crippen molar-refractivity contribution in [2.45, 2.75) is 13.8 Å². The van der Waals surface area contributed by atoms with Gasteiger partial charge in [-0.1, -0.05) is 25.4 Å². The molecular weight excluding hydrogens is 402 g/mol. The van der Waals surface area contributed by atoms with Crippen LogP contribution in [0.5, 0.6) is 0 Å². The maximum atomic E-state index is 12.8. The number of nitrogens with one attached hydrogen (secondary N) is 3. The molecule has 0 saturated heterocycles. The van der Waals surface area contributed by atoms with Gasteiger partial charge in [-0.15, -0.1) is 0 Å². The van der Waals surface area contributed by atoms with Gasteiger partial charge in [-0.2, -0.15) is 0 Å². The third kappa shape index (κ3) is 6.93. The van der Waals surface area contributed by atoms with Crippen LogP contribution < -0.4 is 20.9 Å². The van der Waals surface area contributed by atoms with Crippen LogP contribution in [-0.4, -0.2) is 57.1 Å². The molecule has 0 atom stereocenters. The molecular formula is C22H30ClN5O2. The van der Waals surface area contributed by atoms with Crippen LogP contribution in [0.25, 0.3) is 0 Å². The number of anilines is 3.